The van der Waals surface area contributed by atoms with E-state index >= 15 is 0 Å². The number of nitrogens with zero attached hydrogens (tertiary/aromatic N) is 1. The Morgan fingerprint density at radius 3 is 2.32 bits per heavy atom. The van der Waals surface area contributed by atoms with Crippen LogP contribution in [0.4, 0.5) is 0 Å². The number of ether oxygens (including phenoxy) is 1. The number of aromatic amines is 1. The van der Waals surface area contributed by atoms with Gasteiger partial charge in [-0.1, -0.05) is 60.7 Å². The van der Waals surface area contributed by atoms with E-state index in [0.29, 0.717) is 37.4 Å². The van der Waals surface area contributed by atoms with Crippen LogP contribution in [0.2, 0.25) is 0 Å². The molecule has 0 saturated carbocycles. The van der Waals surface area contributed by atoms with E-state index in [4.69, 9.17) is 4.74 Å². The third-order valence-electron chi connectivity index (χ3n) is 4.28. The highest BCUT2D eigenvalue weighted by Crippen LogP contribution is 2.31. The first kappa shape index (κ1) is 19.5. The van der Waals surface area contributed by atoms with Gasteiger partial charge in [0.25, 0.3) is 11.5 Å². The molecule has 0 aliphatic rings. The normalized spacial score (nSPS) is 10.6. The maximum absolute atomic E-state index is 12.9. The number of nitrogens with one attached hydrogen (secondary N) is 2. The van der Waals surface area contributed by atoms with E-state index in [9.17, 15) is 9.59 Å². The fourth-order valence-electron chi connectivity index (χ4n) is 2.97. The molecule has 0 atom stereocenters. The third kappa shape index (κ3) is 4.53. The van der Waals surface area contributed by atoms with Gasteiger partial charge in [0.15, 0.2) is 0 Å². The fourth-order valence-corrected chi connectivity index (χ4v) is 2.97. The average molecular weight is 377 g/mol. The molecule has 3 aromatic rings. The van der Waals surface area contributed by atoms with Crippen molar-refractivity contribution >= 4 is 5.91 Å². The van der Waals surface area contributed by atoms with Gasteiger partial charge in [0, 0.05) is 30.9 Å². The third-order valence-corrected chi connectivity index (χ3v) is 4.28. The van der Waals surface area contributed by atoms with Gasteiger partial charge < -0.3 is 10.1 Å². The lowest BCUT2D eigenvalue weighted by Gasteiger charge is -2.14. The Hall–Kier alpha value is -3.25. The largest absolute Gasteiger partial charge is 0.382 e. The number of carbonyl (C=O) groups excluding carboxylic acids is 1. The minimum absolute atomic E-state index is 0.0662. The number of H-pyrrole nitrogens is 1. The number of amides is 1. The maximum Gasteiger partial charge on any atom is 0.277 e. The number of hydrogen-bond donors (Lipinski definition) is 2. The first-order chi connectivity index (χ1) is 13.7. The Morgan fingerprint density at radius 2 is 1.68 bits per heavy atom. The van der Waals surface area contributed by atoms with Gasteiger partial charge >= 0.3 is 0 Å². The summed E-state index contributed by atoms with van der Waals surface area (Å²) in [7, 11) is 0. The second-order valence-corrected chi connectivity index (χ2v) is 6.19. The molecular weight excluding hydrogens is 354 g/mol. The number of rotatable bonds is 8. The first-order valence-electron chi connectivity index (χ1n) is 9.31. The van der Waals surface area contributed by atoms with Gasteiger partial charge in [-0.05, 0) is 18.9 Å². The van der Waals surface area contributed by atoms with Crippen LogP contribution in [0.3, 0.4) is 0 Å². The van der Waals surface area contributed by atoms with E-state index in [0.717, 1.165) is 11.1 Å². The fraction of sp³-hybridized carbons (Fsp3) is 0.227. The van der Waals surface area contributed by atoms with Crippen LogP contribution in [-0.4, -0.2) is 35.9 Å². The van der Waals surface area contributed by atoms with Crippen LogP contribution >= 0.6 is 0 Å². The molecule has 1 heterocycles. The lowest BCUT2D eigenvalue weighted by Crippen LogP contribution is -2.32. The second kappa shape index (κ2) is 9.62. The van der Waals surface area contributed by atoms with Crippen molar-refractivity contribution in [2.45, 2.75) is 13.3 Å². The van der Waals surface area contributed by atoms with Crippen LogP contribution in [-0.2, 0) is 4.74 Å². The lowest BCUT2D eigenvalue weighted by atomic mass is 9.95. The molecule has 0 radical (unpaired) electrons. The predicted molar refractivity (Wildman–Crippen MR) is 109 cm³/mol. The molecule has 0 saturated heterocycles. The zero-order valence-electron chi connectivity index (χ0n) is 15.8. The van der Waals surface area contributed by atoms with E-state index in [-0.39, 0.29) is 5.56 Å². The van der Waals surface area contributed by atoms with Gasteiger partial charge in [0.05, 0.1) is 5.69 Å². The van der Waals surface area contributed by atoms with Crippen molar-refractivity contribution in [1.29, 1.82) is 0 Å². The average Bonchev–Trinajstić information content (AvgIpc) is 2.74. The quantitative estimate of drug-likeness (QED) is 0.590. The molecule has 2 aromatic carbocycles. The molecule has 6 heteroatoms. The molecule has 0 bridgehead atoms. The molecule has 6 nitrogen and oxygen atoms in total. The Bertz CT molecular complexity index is 969. The summed E-state index contributed by atoms with van der Waals surface area (Å²) in [5.74, 6) is -0.420. The first-order valence-corrected chi connectivity index (χ1v) is 9.31. The second-order valence-electron chi connectivity index (χ2n) is 6.19. The standard InChI is InChI=1S/C22H23N3O3/c1-2-28-15-9-14-23-21(26)19-18(16-10-5-3-6-11-16)20(24-25-22(19)27)17-12-7-4-8-13-17/h3-8,10-13H,2,9,14-15H2,1H3,(H,23,26)(H,25,27). The summed E-state index contributed by atoms with van der Waals surface area (Å²) < 4.78 is 5.29. The van der Waals surface area contributed by atoms with Gasteiger partial charge in [-0.2, -0.15) is 5.10 Å². The Morgan fingerprint density at radius 1 is 1.04 bits per heavy atom. The molecular formula is C22H23N3O3. The van der Waals surface area contributed by atoms with E-state index in [1.807, 2.05) is 67.6 Å². The zero-order chi connectivity index (χ0) is 19.8. The summed E-state index contributed by atoms with van der Waals surface area (Å²) in [5, 5.41) is 9.55. The molecule has 28 heavy (non-hydrogen) atoms. The summed E-state index contributed by atoms with van der Waals surface area (Å²) in [5.41, 5.74) is 2.23. The number of carbonyl (C=O) groups is 1. The number of hydrogen-bond acceptors (Lipinski definition) is 4. The van der Waals surface area contributed by atoms with Crippen LogP contribution in [0.15, 0.2) is 65.5 Å². The van der Waals surface area contributed by atoms with Crippen molar-refractivity contribution in [2.75, 3.05) is 19.8 Å². The Balaban J connectivity index is 2.04. The monoisotopic (exact) mass is 377 g/mol. The summed E-state index contributed by atoms with van der Waals surface area (Å²) in [6, 6.07) is 18.9. The molecule has 1 aromatic heterocycles. The van der Waals surface area contributed by atoms with E-state index in [2.05, 4.69) is 15.5 Å². The zero-order valence-corrected chi connectivity index (χ0v) is 15.8. The van der Waals surface area contributed by atoms with Crippen molar-refractivity contribution in [1.82, 2.24) is 15.5 Å². The minimum Gasteiger partial charge on any atom is -0.382 e. The number of aromatic nitrogens is 2. The minimum atomic E-state index is -0.513. The van der Waals surface area contributed by atoms with E-state index < -0.39 is 11.5 Å². The van der Waals surface area contributed by atoms with Gasteiger partial charge in [0.1, 0.15) is 5.56 Å². The summed E-state index contributed by atoms with van der Waals surface area (Å²) in [6.07, 6.45) is 0.675. The molecule has 3 rings (SSSR count). The van der Waals surface area contributed by atoms with Gasteiger partial charge in [0.2, 0.25) is 0 Å². The molecule has 0 aliphatic heterocycles. The SMILES string of the molecule is CCOCCCNC(=O)c1c(-c2ccccc2)c(-c2ccccc2)n[nH]c1=O. The van der Waals surface area contributed by atoms with Crippen LogP contribution in [0.5, 0.6) is 0 Å². The molecule has 2 N–H and O–H groups in total. The van der Waals surface area contributed by atoms with Crippen LogP contribution < -0.4 is 10.9 Å². The molecule has 0 unspecified atom stereocenters. The highest BCUT2D eigenvalue weighted by atomic mass is 16.5. The topological polar surface area (TPSA) is 84.1 Å². The molecule has 1 amide bonds. The summed E-state index contributed by atoms with van der Waals surface area (Å²) in [4.78, 5) is 25.4. The maximum atomic E-state index is 12.9. The van der Waals surface area contributed by atoms with Crippen molar-refractivity contribution in [3.05, 3.63) is 76.6 Å². The molecule has 0 spiro atoms. The number of benzene rings is 2. The van der Waals surface area contributed by atoms with Crippen molar-refractivity contribution in [2.24, 2.45) is 0 Å². The van der Waals surface area contributed by atoms with Gasteiger partial charge in [-0.25, -0.2) is 5.10 Å². The predicted octanol–water partition coefficient (Wildman–Crippen LogP) is 3.26. The lowest BCUT2D eigenvalue weighted by molar-refractivity contribution is 0.0943. The van der Waals surface area contributed by atoms with Crippen molar-refractivity contribution in [3.63, 3.8) is 0 Å². The van der Waals surface area contributed by atoms with E-state index in [1.165, 1.54) is 0 Å². The van der Waals surface area contributed by atoms with Crippen LogP contribution in [0.1, 0.15) is 23.7 Å². The Labute approximate surface area is 163 Å². The highest BCUT2D eigenvalue weighted by molar-refractivity contribution is 6.03. The Kier molecular flexibility index (Phi) is 6.70. The summed E-state index contributed by atoms with van der Waals surface area (Å²) in [6.45, 7) is 3.54. The van der Waals surface area contributed by atoms with Crippen molar-refractivity contribution in [3.8, 4) is 22.4 Å². The van der Waals surface area contributed by atoms with Crippen LogP contribution in [0.25, 0.3) is 22.4 Å². The molecule has 0 aliphatic carbocycles. The van der Waals surface area contributed by atoms with Crippen molar-refractivity contribution < 1.29 is 9.53 Å². The van der Waals surface area contributed by atoms with Gasteiger partial charge in [-0.15, -0.1) is 0 Å². The molecule has 144 valence electrons. The molecule has 0 fully saturated rings. The van der Waals surface area contributed by atoms with Crippen LogP contribution in [0, 0.1) is 0 Å². The highest BCUT2D eigenvalue weighted by Gasteiger charge is 2.22. The van der Waals surface area contributed by atoms with Gasteiger partial charge in [-0.3, -0.25) is 9.59 Å². The van der Waals surface area contributed by atoms with E-state index in [1.54, 1.807) is 0 Å². The summed E-state index contributed by atoms with van der Waals surface area (Å²) >= 11 is 0. The smallest absolute Gasteiger partial charge is 0.277 e.